The standard InChI is InChI=1S/C21H22N4O2/c26-17-7-11-25(12-8-17)14-15-1-3-16(4-2-15)24-21(27)18-5-10-23-20-6-9-22-13-19(18)20/h1-6,9-10,13,17,26H,7-8,11-12,14H2,(H,24,27). The summed E-state index contributed by atoms with van der Waals surface area (Å²) in [5.74, 6) is -0.173. The first kappa shape index (κ1) is 17.6. The van der Waals surface area contributed by atoms with Crippen molar-refractivity contribution >= 4 is 22.5 Å². The zero-order chi connectivity index (χ0) is 18.6. The highest BCUT2D eigenvalue weighted by Gasteiger charge is 2.17. The van der Waals surface area contributed by atoms with Gasteiger partial charge in [0.25, 0.3) is 5.91 Å². The number of piperidine rings is 1. The minimum Gasteiger partial charge on any atom is -0.393 e. The van der Waals surface area contributed by atoms with Crippen LogP contribution < -0.4 is 5.32 Å². The third-order valence-electron chi connectivity index (χ3n) is 4.96. The summed E-state index contributed by atoms with van der Waals surface area (Å²) in [7, 11) is 0. The highest BCUT2D eigenvalue weighted by atomic mass is 16.3. The van der Waals surface area contributed by atoms with Gasteiger partial charge in [-0.15, -0.1) is 0 Å². The van der Waals surface area contributed by atoms with Crippen molar-refractivity contribution in [1.82, 2.24) is 14.9 Å². The maximum atomic E-state index is 12.7. The van der Waals surface area contributed by atoms with E-state index in [1.807, 2.05) is 24.3 Å². The number of carbonyl (C=O) groups excluding carboxylic acids is 1. The van der Waals surface area contributed by atoms with E-state index in [1.54, 1.807) is 30.7 Å². The number of nitrogens with zero attached hydrogens (tertiary/aromatic N) is 3. The molecule has 1 aliphatic rings. The van der Waals surface area contributed by atoms with Crippen LogP contribution >= 0.6 is 0 Å². The minimum absolute atomic E-state index is 0.154. The van der Waals surface area contributed by atoms with Crippen molar-refractivity contribution in [3.63, 3.8) is 0 Å². The number of anilines is 1. The quantitative estimate of drug-likeness (QED) is 0.746. The SMILES string of the molecule is O=C(Nc1ccc(CN2CCC(O)CC2)cc1)c1ccnc2ccncc12. The van der Waals surface area contributed by atoms with Crippen LogP contribution in [0, 0.1) is 0 Å². The minimum atomic E-state index is -0.173. The molecule has 0 unspecified atom stereocenters. The highest BCUT2D eigenvalue weighted by Crippen LogP contribution is 2.19. The lowest BCUT2D eigenvalue weighted by atomic mass is 10.1. The third kappa shape index (κ3) is 4.13. The van der Waals surface area contributed by atoms with Crippen LogP contribution in [-0.2, 0) is 6.54 Å². The molecular weight excluding hydrogens is 340 g/mol. The normalized spacial score (nSPS) is 15.7. The summed E-state index contributed by atoms with van der Waals surface area (Å²) in [5, 5.41) is 13.3. The summed E-state index contributed by atoms with van der Waals surface area (Å²) in [6.07, 6.45) is 6.48. The fourth-order valence-electron chi connectivity index (χ4n) is 3.41. The van der Waals surface area contributed by atoms with Crippen molar-refractivity contribution < 1.29 is 9.90 Å². The van der Waals surface area contributed by atoms with E-state index in [0.717, 1.165) is 49.1 Å². The van der Waals surface area contributed by atoms with Gasteiger partial charge in [0, 0.05) is 49.3 Å². The molecule has 0 atom stereocenters. The van der Waals surface area contributed by atoms with Crippen LogP contribution in [0.1, 0.15) is 28.8 Å². The van der Waals surface area contributed by atoms with Gasteiger partial charge in [0.2, 0.25) is 0 Å². The van der Waals surface area contributed by atoms with Crippen molar-refractivity contribution in [2.45, 2.75) is 25.5 Å². The van der Waals surface area contributed by atoms with Crippen molar-refractivity contribution in [3.05, 3.63) is 66.1 Å². The van der Waals surface area contributed by atoms with E-state index >= 15 is 0 Å². The van der Waals surface area contributed by atoms with E-state index in [9.17, 15) is 9.90 Å². The van der Waals surface area contributed by atoms with Gasteiger partial charge >= 0.3 is 0 Å². The number of hydrogen-bond acceptors (Lipinski definition) is 5. The molecule has 3 heterocycles. The van der Waals surface area contributed by atoms with E-state index in [2.05, 4.69) is 20.2 Å². The Balaban J connectivity index is 1.43. The molecule has 1 fully saturated rings. The monoisotopic (exact) mass is 362 g/mol. The van der Waals surface area contributed by atoms with E-state index in [1.165, 1.54) is 5.56 Å². The second-order valence-electron chi connectivity index (χ2n) is 6.91. The second-order valence-corrected chi connectivity index (χ2v) is 6.91. The van der Waals surface area contributed by atoms with Gasteiger partial charge in [-0.25, -0.2) is 0 Å². The molecule has 0 spiro atoms. The van der Waals surface area contributed by atoms with Crippen LogP contribution in [-0.4, -0.2) is 45.1 Å². The fourth-order valence-corrected chi connectivity index (χ4v) is 3.41. The molecule has 1 aliphatic heterocycles. The first-order valence-electron chi connectivity index (χ1n) is 9.18. The van der Waals surface area contributed by atoms with Crippen LogP contribution in [0.3, 0.4) is 0 Å². The Hall–Kier alpha value is -2.83. The molecule has 1 aromatic carbocycles. The lowest BCUT2D eigenvalue weighted by Crippen LogP contribution is -2.35. The number of benzene rings is 1. The number of pyridine rings is 2. The lowest BCUT2D eigenvalue weighted by molar-refractivity contribution is 0.0792. The molecule has 0 saturated carbocycles. The Morgan fingerprint density at radius 3 is 2.67 bits per heavy atom. The number of amides is 1. The lowest BCUT2D eigenvalue weighted by Gasteiger charge is -2.29. The van der Waals surface area contributed by atoms with Crippen LogP contribution in [0.2, 0.25) is 0 Å². The molecule has 6 nitrogen and oxygen atoms in total. The molecule has 1 saturated heterocycles. The Labute approximate surface area is 157 Å². The summed E-state index contributed by atoms with van der Waals surface area (Å²) < 4.78 is 0. The molecule has 0 aliphatic carbocycles. The van der Waals surface area contributed by atoms with Crippen molar-refractivity contribution in [3.8, 4) is 0 Å². The number of carbonyl (C=O) groups is 1. The summed E-state index contributed by atoms with van der Waals surface area (Å²) in [6.45, 7) is 2.70. The Morgan fingerprint density at radius 2 is 1.89 bits per heavy atom. The Bertz CT molecular complexity index is 929. The molecule has 3 aromatic rings. The van der Waals surface area contributed by atoms with Crippen LogP contribution in [0.15, 0.2) is 55.0 Å². The average molecular weight is 362 g/mol. The largest absolute Gasteiger partial charge is 0.393 e. The first-order chi connectivity index (χ1) is 13.2. The number of fused-ring (bicyclic) bond motifs is 1. The smallest absolute Gasteiger partial charge is 0.256 e. The van der Waals surface area contributed by atoms with Gasteiger partial charge < -0.3 is 10.4 Å². The predicted octanol–water partition coefficient (Wildman–Crippen LogP) is 2.84. The number of nitrogens with one attached hydrogen (secondary N) is 1. The number of aromatic nitrogens is 2. The van der Waals surface area contributed by atoms with E-state index in [-0.39, 0.29) is 12.0 Å². The molecular formula is C21H22N4O2. The topological polar surface area (TPSA) is 78.4 Å². The van der Waals surface area contributed by atoms with Gasteiger partial charge in [0.15, 0.2) is 0 Å². The van der Waals surface area contributed by atoms with Crippen LogP contribution in [0.4, 0.5) is 5.69 Å². The van der Waals surface area contributed by atoms with Crippen molar-refractivity contribution in [1.29, 1.82) is 0 Å². The molecule has 6 heteroatoms. The van der Waals surface area contributed by atoms with Gasteiger partial charge in [0.1, 0.15) is 0 Å². The zero-order valence-corrected chi connectivity index (χ0v) is 15.0. The number of likely N-dealkylation sites (tertiary alicyclic amines) is 1. The Kier molecular flexibility index (Phi) is 5.09. The van der Waals surface area contributed by atoms with Gasteiger partial charge in [0.05, 0.1) is 17.2 Å². The van der Waals surface area contributed by atoms with Crippen molar-refractivity contribution in [2.75, 3.05) is 18.4 Å². The summed E-state index contributed by atoms with van der Waals surface area (Å²) in [5.41, 5.74) is 3.26. The average Bonchev–Trinajstić information content (AvgIpc) is 2.71. The van der Waals surface area contributed by atoms with Gasteiger partial charge in [-0.3, -0.25) is 19.7 Å². The number of rotatable bonds is 4. The van der Waals surface area contributed by atoms with Gasteiger partial charge in [-0.05, 0) is 42.7 Å². The number of aliphatic hydroxyl groups is 1. The summed E-state index contributed by atoms with van der Waals surface area (Å²) in [4.78, 5) is 23.4. The number of hydrogen-bond donors (Lipinski definition) is 2. The van der Waals surface area contributed by atoms with Crippen LogP contribution in [0.25, 0.3) is 10.9 Å². The highest BCUT2D eigenvalue weighted by molar-refractivity contribution is 6.12. The first-order valence-corrected chi connectivity index (χ1v) is 9.18. The van der Waals surface area contributed by atoms with E-state index in [4.69, 9.17) is 0 Å². The summed E-state index contributed by atoms with van der Waals surface area (Å²) >= 11 is 0. The molecule has 0 radical (unpaired) electrons. The maximum absolute atomic E-state index is 12.7. The summed E-state index contributed by atoms with van der Waals surface area (Å²) in [6, 6.07) is 11.4. The molecule has 4 rings (SSSR count). The van der Waals surface area contributed by atoms with E-state index in [0.29, 0.717) is 5.56 Å². The van der Waals surface area contributed by atoms with Crippen molar-refractivity contribution in [2.24, 2.45) is 0 Å². The molecule has 2 N–H and O–H groups in total. The van der Waals surface area contributed by atoms with Gasteiger partial charge in [-0.2, -0.15) is 0 Å². The fraction of sp³-hybridized carbons (Fsp3) is 0.286. The molecule has 27 heavy (non-hydrogen) atoms. The Morgan fingerprint density at radius 1 is 1.11 bits per heavy atom. The molecule has 138 valence electrons. The molecule has 1 amide bonds. The number of aliphatic hydroxyl groups excluding tert-OH is 1. The predicted molar refractivity (Wildman–Crippen MR) is 104 cm³/mol. The van der Waals surface area contributed by atoms with Gasteiger partial charge in [-0.1, -0.05) is 12.1 Å². The molecule has 0 bridgehead atoms. The maximum Gasteiger partial charge on any atom is 0.256 e. The molecule has 2 aromatic heterocycles. The van der Waals surface area contributed by atoms with Crippen LogP contribution in [0.5, 0.6) is 0 Å². The second kappa shape index (κ2) is 7.82. The zero-order valence-electron chi connectivity index (χ0n) is 15.0. The van der Waals surface area contributed by atoms with E-state index < -0.39 is 0 Å². The third-order valence-corrected chi connectivity index (χ3v) is 4.96.